The highest BCUT2D eigenvalue weighted by molar-refractivity contribution is 6.08. The Labute approximate surface area is 282 Å². The van der Waals surface area contributed by atoms with E-state index in [4.69, 9.17) is 9.98 Å². The van der Waals surface area contributed by atoms with E-state index in [0.29, 0.717) is 23.7 Å². The third-order valence-corrected chi connectivity index (χ3v) is 11.6. The topological polar surface area (TPSA) is 36.8 Å². The molecule has 1 aromatic carbocycles. The Morgan fingerprint density at radius 3 is 2.55 bits per heavy atom. The third kappa shape index (κ3) is 6.22. The lowest BCUT2D eigenvalue weighted by atomic mass is 9.65. The van der Waals surface area contributed by atoms with Gasteiger partial charge in [-0.1, -0.05) is 124 Å². The Morgan fingerprint density at radius 1 is 0.979 bits per heavy atom. The van der Waals surface area contributed by atoms with E-state index in [1.165, 1.54) is 40.7 Å². The van der Waals surface area contributed by atoms with Crippen molar-refractivity contribution in [3.63, 3.8) is 0 Å². The van der Waals surface area contributed by atoms with Gasteiger partial charge in [0.25, 0.3) is 0 Å². The minimum Gasteiger partial charge on any atom is -0.348 e. The first-order chi connectivity index (χ1) is 22.8. The normalized spacial score (nSPS) is 30.1. The van der Waals surface area contributed by atoms with Crippen LogP contribution in [0.5, 0.6) is 0 Å². The van der Waals surface area contributed by atoms with Gasteiger partial charge in [-0.15, -0.1) is 0 Å². The van der Waals surface area contributed by atoms with Crippen LogP contribution in [0.3, 0.4) is 0 Å². The monoisotopic (exact) mass is 621 g/mol. The second-order valence-electron chi connectivity index (χ2n) is 14.9. The molecule has 242 valence electrons. The van der Waals surface area contributed by atoms with E-state index < -0.39 is 0 Å². The lowest BCUT2D eigenvalue weighted by molar-refractivity contribution is 0.222. The van der Waals surface area contributed by atoms with E-state index in [9.17, 15) is 0 Å². The van der Waals surface area contributed by atoms with Gasteiger partial charge in [-0.25, -0.2) is 9.98 Å². The van der Waals surface area contributed by atoms with Crippen LogP contribution >= 0.6 is 0 Å². The van der Waals surface area contributed by atoms with Crippen molar-refractivity contribution in [3.05, 3.63) is 137 Å². The average molecular weight is 622 g/mol. The first-order valence-corrected chi connectivity index (χ1v) is 18.0. The number of amidine groups is 2. The van der Waals surface area contributed by atoms with Crippen LogP contribution in [0.4, 0.5) is 0 Å². The number of benzene rings is 1. The number of hydrogen-bond acceptors (Lipinski definition) is 3. The largest absolute Gasteiger partial charge is 0.348 e. The molecule has 1 heterocycles. The standard InChI is InChI=1S/C44H51N3/c1-6-31(36-27-30(3)40-37-19-13-14-20-38(37)44(4,5)39(40)28-36)22-21-29(2)32-23-25-35(26-24-32)43-46-41(33-15-9-7-10-16-33)45-42(47-43)34-17-11-8-12-18-34/h6-7,9,11,13,17-19,21-26,28,30,33,39-40,42H,1,8,10,12,14-16,20,27H2,2-5H3,(H,45,46,47)/b29-21+,31-22+/t30-,33-,39?,40?,42?/m1/s1. The summed E-state index contributed by atoms with van der Waals surface area (Å²) in [5.41, 5.74) is 11.0. The van der Waals surface area contributed by atoms with Gasteiger partial charge in [0.15, 0.2) is 5.84 Å². The van der Waals surface area contributed by atoms with Gasteiger partial charge in [0.1, 0.15) is 12.0 Å². The molecule has 0 spiro atoms. The quantitative estimate of drug-likeness (QED) is 0.239. The van der Waals surface area contributed by atoms with Gasteiger partial charge in [0, 0.05) is 11.5 Å². The Kier molecular flexibility index (Phi) is 8.92. The summed E-state index contributed by atoms with van der Waals surface area (Å²) in [5, 5.41) is 3.69. The number of rotatable bonds is 7. The first kappa shape index (κ1) is 31.6. The Morgan fingerprint density at radius 2 is 1.81 bits per heavy atom. The maximum absolute atomic E-state index is 5.11. The predicted octanol–water partition coefficient (Wildman–Crippen LogP) is 10.8. The molecule has 0 aromatic heterocycles. The summed E-state index contributed by atoms with van der Waals surface area (Å²) < 4.78 is 0. The third-order valence-electron chi connectivity index (χ3n) is 11.6. The van der Waals surface area contributed by atoms with E-state index in [2.05, 4.69) is 131 Å². The summed E-state index contributed by atoms with van der Waals surface area (Å²) in [6.07, 6.45) is 34.3. The summed E-state index contributed by atoms with van der Waals surface area (Å²) in [5.74, 6) is 4.14. The molecule has 0 saturated carbocycles. The molecule has 7 rings (SSSR count). The van der Waals surface area contributed by atoms with Gasteiger partial charge in [-0.2, -0.15) is 0 Å². The highest BCUT2D eigenvalue weighted by atomic mass is 15.2. The number of nitrogens with zero attached hydrogens (tertiary/aromatic N) is 2. The van der Waals surface area contributed by atoms with Gasteiger partial charge < -0.3 is 5.32 Å². The molecule has 1 aliphatic heterocycles. The van der Waals surface area contributed by atoms with Crippen molar-refractivity contribution in [1.29, 1.82) is 0 Å². The molecule has 0 radical (unpaired) electrons. The molecule has 3 nitrogen and oxygen atoms in total. The second kappa shape index (κ2) is 13.3. The van der Waals surface area contributed by atoms with Gasteiger partial charge in [0.05, 0.1) is 0 Å². The Bertz CT molecular complexity index is 1730. The lowest BCUT2D eigenvalue weighted by Crippen LogP contribution is -2.43. The summed E-state index contributed by atoms with van der Waals surface area (Å²) in [7, 11) is 0. The molecule has 6 aliphatic rings. The molecule has 1 N–H and O–H groups in total. The summed E-state index contributed by atoms with van der Waals surface area (Å²) in [4.78, 5) is 10.2. The summed E-state index contributed by atoms with van der Waals surface area (Å²) in [6, 6.07) is 8.82. The molecule has 5 aliphatic carbocycles. The fourth-order valence-electron chi connectivity index (χ4n) is 8.83. The molecule has 0 bridgehead atoms. The average Bonchev–Trinajstić information content (AvgIpc) is 3.35. The van der Waals surface area contributed by atoms with Crippen molar-refractivity contribution in [3.8, 4) is 0 Å². The molecule has 0 amide bonds. The van der Waals surface area contributed by atoms with Gasteiger partial charge in [0.2, 0.25) is 0 Å². The summed E-state index contributed by atoms with van der Waals surface area (Å²) in [6.45, 7) is 13.9. The van der Waals surface area contributed by atoms with E-state index in [1.54, 1.807) is 11.1 Å². The summed E-state index contributed by atoms with van der Waals surface area (Å²) >= 11 is 0. The van der Waals surface area contributed by atoms with Crippen molar-refractivity contribution in [2.75, 3.05) is 0 Å². The van der Waals surface area contributed by atoms with Gasteiger partial charge in [-0.05, 0) is 115 Å². The molecule has 3 unspecified atom stereocenters. The molecule has 1 aromatic rings. The van der Waals surface area contributed by atoms with E-state index in [0.717, 1.165) is 55.8 Å². The zero-order valence-electron chi connectivity index (χ0n) is 28.8. The molecule has 47 heavy (non-hydrogen) atoms. The van der Waals surface area contributed by atoms with Crippen LogP contribution in [-0.4, -0.2) is 17.8 Å². The molecule has 0 saturated heterocycles. The zero-order chi connectivity index (χ0) is 32.5. The van der Waals surface area contributed by atoms with Gasteiger partial charge >= 0.3 is 0 Å². The number of allylic oxidation sites excluding steroid dienone is 15. The molecule has 0 fully saturated rings. The van der Waals surface area contributed by atoms with E-state index in [-0.39, 0.29) is 11.6 Å². The smallest absolute Gasteiger partial charge is 0.159 e. The van der Waals surface area contributed by atoms with Crippen LogP contribution in [0.15, 0.2) is 136 Å². The maximum atomic E-state index is 5.11. The Balaban J connectivity index is 1.12. The highest BCUT2D eigenvalue weighted by Crippen LogP contribution is 2.59. The van der Waals surface area contributed by atoms with Crippen LogP contribution in [0, 0.1) is 29.1 Å². The van der Waals surface area contributed by atoms with Crippen molar-refractivity contribution in [1.82, 2.24) is 5.32 Å². The predicted molar refractivity (Wildman–Crippen MR) is 200 cm³/mol. The molecular weight excluding hydrogens is 571 g/mol. The number of fused-ring (bicyclic) bond motifs is 2. The fourth-order valence-corrected chi connectivity index (χ4v) is 8.83. The molecule has 5 atom stereocenters. The number of hydrogen-bond donors (Lipinski definition) is 1. The van der Waals surface area contributed by atoms with Crippen LogP contribution in [0.1, 0.15) is 90.2 Å². The van der Waals surface area contributed by atoms with E-state index in [1.807, 2.05) is 0 Å². The zero-order valence-corrected chi connectivity index (χ0v) is 28.8. The second-order valence-corrected chi connectivity index (χ2v) is 14.9. The number of aliphatic imine (C=N–C) groups is 2. The van der Waals surface area contributed by atoms with Crippen LogP contribution in [0.25, 0.3) is 5.57 Å². The van der Waals surface area contributed by atoms with Crippen LogP contribution < -0.4 is 5.32 Å². The van der Waals surface area contributed by atoms with Crippen molar-refractivity contribution in [2.45, 2.75) is 85.2 Å². The van der Waals surface area contributed by atoms with Crippen molar-refractivity contribution < 1.29 is 0 Å². The minimum absolute atomic E-state index is 0.0803. The van der Waals surface area contributed by atoms with Crippen molar-refractivity contribution in [2.24, 2.45) is 39.1 Å². The molecule has 3 heteroatoms. The van der Waals surface area contributed by atoms with Crippen LogP contribution in [0.2, 0.25) is 0 Å². The highest BCUT2D eigenvalue weighted by Gasteiger charge is 2.49. The van der Waals surface area contributed by atoms with Crippen molar-refractivity contribution >= 4 is 17.2 Å². The lowest BCUT2D eigenvalue weighted by Gasteiger charge is -2.38. The van der Waals surface area contributed by atoms with Crippen LogP contribution in [-0.2, 0) is 0 Å². The van der Waals surface area contributed by atoms with Gasteiger partial charge in [-0.3, -0.25) is 0 Å². The first-order valence-electron chi connectivity index (χ1n) is 18.0. The van der Waals surface area contributed by atoms with E-state index >= 15 is 0 Å². The minimum atomic E-state index is -0.0803. The maximum Gasteiger partial charge on any atom is 0.159 e. The Hall–Kier alpha value is -3.98. The fraction of sp³-hybridized carbons (Fsp3) is 0.409. The number of nitrogens with one attached hydrogen (secondary N) is 1. The molecular formula is C44H51N3. The SMILES string of the molecule is C=C/C(=C\C=C(/C)c1ccc(C2=NC(C3=CCCC=C3)NC([C@@H]3CC=CCC3)=N2)cc1)C1=CC2C(C3=C(CCC=C3)C2(C)C)[C@H](C)C1.